The van der Waals surface area contributed by atoms with Crippen molar-refractivity contribution in [2.24, 2.45) is 5.73 Å². The summed E-state index contributed by atoms with van der Waals surface area (Å²) in [6, 6.07) is 17.7. The molecule has 0 fully saturated rings. The predicted octanol–water partition coefficient (Wildman–Crippen LogP) is 3.77. The van der Waals surface area contributed by atoms with E-state index >= 15 is 0 Å². The molecule has 2 aliphatic rings. The maximum absolute atomic E-state index is 9.91. The van der Waals surface area contributed by atoms with Gasteiger partial charge in [-0.2, -0.15) is 10.4 Å². The van der Waals surface area contributed by atoms with Crippen LogP contribution in [-0.2, 0) is 6.42 Å². The predicted molar refractivity (Wildman–Crippen MR) is 109 cm³/mol. The average Bonchev–Trinajstić information content (AvgIpc) is 3.38. The fourth-order valence-electron chi connectivity index (χ4n) is 4.00. The molecule has 0 aliphatic carbocycles. The Morgan fingerprint density at radius 2 is 1.97 bits per heavy atom. The number of hydrogen-bond donors (Lipinski definition) is 1. The zero-order valence-electron chi connectivity index (χ0n) is 16.5. The summed E-state index contributed by atoms with van der Waals surface area (Å²) in [6.07, 6.45) is 1.67. The van der Waals surface area contributed by atoms with Gasteiger partial charge in [0.2, 0.25) is 18.6 Å². The maximum atomic E-state index is 9.91. The normalized spacial score (nSPS) is 16.7. The second-order valence-corrected chi connectivity index (χ2v) is 7.20. The van der Waals surface area contributed by atoms with Crippen molar-refractivity contribution in [3.05, 3.63) is 76.8 Å². The van der Waals surface area contributed by atoms with Crippen LogP contribution in [-0.4, -0.2) is 16.6 Å². The fraction of sp³-hybridized carbons (Fsp3) is 0.217. The number of para-hydroxylation sites is 1. The highest BCUT2D eigenvalue weighted by Gasteiger charge is 2.37. The number of nitriles is 1. The maximum Gasteiger partial charge on any atom is 0.231 e. The Kier molecular flexibility index (Phi) is 4.32. The third-order valence-corrected chi connectivity index (χ3v) is 5.34. The van der Waals surface area contributed by atoms with Crippen molar-refractivity contribution in [2.45, 2.75) is 25.7 Å². The van der Waals surface area contributed by atoms with Crippen LogP contribution in [0.3, 0.4) is 0 Å². The van der Waals surface area contributed by atoms with E-state index in [1.54, 1.807) is 4.68 Å². The van der Waals surface area contributed by atoms with Gasteiger partial charge in [-0.3, -0.25) is 0 Å². The summed E-state index contributed by atoms with van der Waals surface area (Å²) in [5, 5.41) is 14.8. The van der Waals surface area contributed by atoms with Gasteiger partial charge >= 0.3 is 0 Å². The molecule has 5 rings (SSSR count). The molecule has 1 aromatic heterocycles. The molecule has 0 saturated carbocycles. The van der Waals surface area contributed by atoms with Crippen molar-refractivity contribution < 1.29 is 14.2 Å². The molecular weight excluding hydrogens is 380 g/mol. The Hall–Kier alpha value is -3.92. The lowest BCUT2D eigenvalue weighted by Crippen LogP contribution is -2.22. The first-order valence-electron chi connectivity index (χ1n) is 9.85. The van der Waals surface area contributed by atoms with Crippen LogP contribution in [0.5, 0.6) is 17.4 Å². The highest BCUT2D eigenvalue weighted by molar-refractivity contribution is 5.59. The van der Waals surface area contributed by atoms with Gasteiger partial charge in [-0.1, -0.05) is 37.6 Å². The molecule has 3 aromatic rings. The molecule has 7 heteroatoms. The van der Waals surface area contributed by atoms with E-state index in [0.29, 0.717) is 23.0 Å². The number of nitrogens with two attached hydrogens (primary N) is 1. The van der Waals surface area contributed by atoms with E-state index in [0.717, 1.165) is 35.3 Å². The first kappa shape index (κ1) is 18.1. The van der Waals surface area contributed by atoms with Gasteiger partial charge in [0.25, 0.3) is 0 Å². The van der Waals surface area contributed by atoms with Crippen LogP contribution >= 0.6 is 0 Å². The minimum atomic E-state index is -0.396. The number of aryl methyl sites for hydroxylation is 1. The Bertz CT molecular complexity index is 1190. The lowest BCUT2D eigenvalue weighted by molar-refractivity contribution is 0.174. The smallest absolute Gasteiger partial charge is 0.231 e. The Morgan fingerprint density at radius 3 is 2.73 bits per heavy atom. The molecule has 0 radical (unpaired) electrons. The van der Waals surface area contributed by atoms with Crippen LogP contribution in [0, 0.1) is 11.3 Å². The molecule has 0 saturated heterocycles. The van der Waals surface area contributed by atoms with Gasteiger partial charge in [0, 0.05) is 0 Å². The molecule has 2 aromatic carbocycles. The molecule has 0 spiro atoms. The molecule has 0 amide bonds. The van der Waals surface area contributed by atoms with Crippen molar-refractivity contribution in [1.29, 1.82) is 5.26 Å². The first-order valence-corrected chi connectivity index (χ1v) is 9.85. The number of ether oxygens (including phenoxy) is 3. The van der Waals surface area contributed by atoms with Crippen LogP contribution in [0.2, 0.25) is 0 Å². The summed E-state index contributed by atoms with van der Waals surface area (Å²) >= 11 is 0. The molecule has 7 nitrogen and oxygen atoms in total. The van der Waals surface area contributed by atoms with Crippen molar-refractivity contribution >= 4 is 0 Å². The Labute approximate surface area is 173 Å². The summed E-state index contributed by atoms with van der Waals surface area (Å²) in [6.45, 7) is 2.29. The fourth-order valence-corrected chi connectivity index (χ4v) is 4.00. The van der Waals surface area contributed by atoms with E-state index in [1.165, 1.54) is 0 Å². The van der Waals surface area contributed by atoms with Gasteiger partial charge < -0.3 is 19.9 Å². The zero-order chi connectivity index (χ0) is 20.7. The van der Waals surface area contributed by atoms with Gasteiger partial charge in [0.05, 0.1) is 22.9 Å². The number of rotatable bonds is 4. The van der Waals surface area contributed by atoms with E-state index in [1.807, 2.05) is 48.5 Å². The third-order valence-electron chi connectivity index (χ3n) is 5.34. The van der Waals surface area contributed by atoms with Gasteiger partial charge in [0.15, 0.2) is 11.5 Å². The quantitative estimate of drug-likeness (QED) is 0.716. The van der Waals surface area contributed by atoms with Crippen molar-refractivity contribution in [2.75, 3.05) is 6.79 Å². The zero-order valence-corrected chi connectivity index (χ0v) is 16.5. The summed E-state index contributed by atoms with van der Waals surface area (Å²) in [5.41, 5.74) is 10.1. The van der Waals surface area contributed by atoms with Crippen molar-refractivity contribution in [3.8, 4) is 29.1 Å². The number of benzene rings is 2. The molecule has 2 N–H and O–H groups in total. The van der Waals surface area contributed by atoms with Crippen LogP contribution in [0.15, 0.2) is 60.0 Å². The number of hydrogen-bond acceptors (Lipinski definition) is 6. The SMILES string of the molecule is CCCc1nn(-c2ccccc2)c2c1[C@H](c1ccc3c(c1)OCO3)C(C#N)=C(N)O2. The number of nitrogens with zero attached hydrogens (tertiary/aromatic N) is 3. The largest absolute Gasteiger partial charge is 0.454 e. The van der Waals surface area contributed by atoms with E-state index in [2.05, 4.69) is 13.0 Å². The summed E-state index contributed by atoms with van der Waals surface area (Å²) in [4.78, 5) is 0. The van der Waals surface area contributed by atoms with Crippen LogP contribution in [0.1, 0.15) is 36.1 Å². The van der Waals surface area contributed by atoms with Crippen molar-refractivity contribution in [1.82, 2.24) is 9.78 Å². The monoisotopic (exact) mass is 400 g/mol. The van der Waals surface area contributed by atoms with E-state index < -0.39 is 5.92 Å². The molecule has 30 heavy (non-hydrogen) atoms. The topological polar surface area (TPSA) is 95.3 Å². The number of allylic oxidation sites excluding steroid dienone is 1. The van der Waals surface area contributed by atoms with Gasteiger partial charge in [-0.05, 0) is 36.2 Å². The average molecular weight is 400 g/mol. The van der Waals surface area contributed by atoms with E-state index in [4.69, 9.17) is 25.0 Å². The standard InChI is InChI=1S/C23H20N4O3/c1-2-6-17-21-20(14-9-10-18-19(11-14)29-13-28-18)16(12-24)22(25)30-23(21)27(26-17)15-7-4-3-5-8-15/h3-5,7-11,20H,2,6,13,25H2,1H3/t20-/m1/s1. The first-order chi connectivity index (χ1) is 14.7. The minimum absolute atomic E-state index is 0.0906. The Morgan fingerprint density at radius 1 is 1.17 bits per heavy atom. The number of fused-ring (bicyclic) bond motifs is 2. The summed E-state index contributed by atoms with van der Waals surface area (Å²) in [7, 11) is 0. The van der Waals surface area contributed by atoms with Crippen molar-refractivity contribution in [3.63, 3.8) is 0 Å². The third kappa shape index (κ3) is 2.77. The van der Waals surface area contributed by atoms with Crippen LogP contribution < -0.4 is 19.9 Å². The molecule has 2 aliphatic heterocycles. The Balaban J connectivity index is 1.74. The summed E-state index contributed by atoms with van der Waals surface area (Å²) in [5.74, 6) is 1.59. The molecular formula is C23H20N4O3. The van der Waals surface area contributed by atoms with Gasteiger partial charge in [-0.15, -0.1) is 0 Å². The highest BCUT2D eigenvalue weighted by Crippen LogP contribution is 2.47. The minimum Gasteiger partial charge on any atom is -0.454 e. The highest BCUT2D eigenvalue weighted by atomic mass is 16.7. The molecule has 150 valence electrons. The molecule has 1 atom stereocenters. The van der Waals surface area contributed by atoms with Crippen LogP contribution in [0.25, 0.3) is 5.69 Å². The second-order valence-electron chi connectivity index (χ2n) is 7.20. The van der Waals surface area contributed by atoms with E-state index in [-0.39, 0.29) is 12.7 Å². The second kappa shape index (κ2) is 7.16. The lowest BCUT2D eigenvalue weighted by atomic mass is 9.83. The number of aromatic nitrogens is 2. The van der Waals surface area contributed by atoms with E-state index in [9.17, 15) is 5.26 Å². The van der Waals surface area contributed by atoms with Gasteiger partial charge in [-0.25, -0.2) is 4.68 Å². The van der Waals surface area contributed by atoms with Crippen LogP contribution in [0.4, 0.5) is 0 Å². The molecule has 0 bridgehead atoms. The molecule has 3 heterocycles. The van der Waals surface area contributed by atoms with Gasteiger partial charge in [0.1, 0.15) is 11.6 Å². The lowest BCUT2D eigenvalue weighted by Gasteiger charge is -2.25. The summed E-state index contributed by atoms with van der Waals surface area (Å²) < 4.78 is 18.7. The molecule has 0 unspecified atom stereocenters.